The molecule has 1 aromatic carbocycles. The number of hydrogen-bond donors (Lipinski definition) is 2. The molecule has 2 atom stereocenters. The molecule has 1 unspecified atom stereocenters. The maximum absolute atomic E-state index is 13.9. The molecular formula is C15H18BrFN2O3. The van der Waals surface area contributed by atoms with Crippen LogP contribution in [0, 0.1) is 11.2 Å². The Kier molecular flexibility index (Phi) is 4.75. The van der Waals surface area contributed by atoms with Crippen LogP contribution in [0.1, 0.15) is 31.9 Å². The Morgan fingerprint density at radius 1 is 1.50 bits per heavy atom. The van der Waals surface area contributed by atoms with E-state index in [1.165, 1.54) is 11.0 Å². The largest absolute Gasteiger partial charge is 0.481 e. The van der Waals surface area contributed by atoms with Gasteiger partial charge in [0.25, 0.3) is 0 Å². The highest BCUT2D eigenvalue weighted by Gasteiger charge is 2.42. The van der Waals surface area contributed by atoms with Gasteiger partial charge in [-0.3, -0.25) is 4.79 Å². The third-order valence-corrected chi connectivity index (χ3v) is 4.54. The quantitative estimate of drug-likeness (QED) is 0.855. The third kappa shape index (κ3) is 3.40. The Morgan fingerprint density at radius 3 is 2.73 bits per heavy atom. The third-order valence-electron chi connectivity index (χ3n) is 4.05. The number of rotatable bonds is 3. The van der Waals surface area contributed by atoms with Gasteiger partial charge >= 0.3 is 12.0 Å². The molecule has 1 aliphatic rings. The molecule has 0 aliphatic carbocycles. The standard InChI is InChI=1S/C15H18BrFN2O3/c1-9(11-4-3-10(16)7-12(11)17)18-14(22)19-6-5-15(2,8-19)13(20)21/h3-4,7,9H,5-6,8H2,1-2H3,(H,18,22)(H,20,21)/t9-,15?/m1/s1. The molecule has 0 radical (unpaired) electrons. The number of amides is 2. The van der Waals surface area contributed by atoms with Crippen molar-refractivity contribution in [3.63, 3.8) is 0 Å². The van der Waals surface area contributed by atoms with Gasteiger partial charge in [-0.05, 0) is 32.4 Å². The minimum Gasteiger partial charge on any atom is -0.481 e. The topological polar surface area (TPSA) is 69.6 Å². The SMILES string of the molecule is C[C@@H](NC(=O)N1CCC(C)(C(=O)O)C1)c1ccc(Br)cc1F. The highest BCUT2D eigenvalue weighted by molar-refractivity contribution is 9.10. The first-order valence-corrected chi connectivity index (χ1v) is 7.76. The number of nitrogens with one attached hydrogen (secondary N) is 1. The number of hydrogen-bond acceptors (Lipinski definition) is 2. The van der Waals surface area contributed by atoms with E-state index < -0.39 is 23.2 Å². The van der Waals surface area contributed by atoms with Gasteiger partial charge in [0.05, 0.1) is 11.5 Å². The fourth-order valence-corrected chi connectivity index (χ4v) is 2.85. The predicted molar refractivity (Wildman–Crippen MR) is 83.0 cm³/mol. The Hall–Kier alpha value is -1.63. The van der Waals surface area contributed by atoms with Crippen molar-refractivity contribution in [2.45, 2.75) is 26.3 Å². The summed E-state index contributed by atoms with van der Waals surface area (Å²) in [6, 6.07) is 3.78. The number of aliphatic carboxylic acids is 1. The summed E-state index contributed by atoms with van der Waals surface area (Å²) in [4.78, 5) is 24.9. The van der Waals surface area contributed by atoms with Crippen molar-refractivity contribution >= 4 is 27.9 Å². The van der Waals surface area contributed by atoms with Crippen LogP contribution in [0.5, 0.6) is 0 Å². The second-order valence-electron chi connectivity index (χ2n) is 5.87. The summed E-state index contributed by atoms with van der Waals surface area (Å²) in [5.74, 6) is -1.31. The summed E-state index contributed by atoms with van der Waals surface area (Å²) in [6.45, 7) is 3.85. The van der Waals surface area contributed by atoms with Crippen LogP contribution in [0.3, 0.4) is 0 Å². The lowest BCUT2D eigenvalue weighted by Crippen LogP contribution is -2.41. The summed E-state index contributed by atoms with van der Waals surface area (Å²) < 4.78 is 14.5. The van der Waals surface area contributed by atoms with E-state index in [0.29, 0.717) is 23.0 Å². The molecule has 0 bridgehead atoms. The van der Waals surface area contributed by atoms with E-state index >= 15 is 0 Å². The molecule has 22 heavy (non-hydrogen) atoms. The van der Waals surface area contributed by atoms with Gasteiger partial charge in [-0.15, -0.1) is 0 Å². The number of likely N-dealkylation sites (tertiary alicyclic amines) is 1. The number of carboxylic acid groups (broad SMARTS) is 1. The molecular weight excluding hydrogens is 355 g/mol. The van der Waals surface area contributed by atoms with Crippen LogP contribution in [-0.2, 0) is 4.79 Å². The van der Waals surface area contributed by atoms with Crippen LogP contribution in [0.25, 0.3) is 0 Å². The molecule has 7 heteroatoms. The van der Waals surface area contributed by atoms with E-state index in [1.807, 2.05) is 0 Å². The number of nitrogens with zero attached hydrogens (tertiary/aromatic N) is 1. The summed E-state index contributed by atoms with van der Waals surface area (Å²) >= 11 is 3.18. The van der Waals surface area contributed by atoms with Crippen LogP contribution in [0.4, 0.5) is 9.18 Å². The average Bonchev–Trinajstić information content (AvgIpc) is 2.82. The van der Waals surface area contributed by atoms with Crippen molar-refractivity contribution in [3.05, 3.63) is 34.1 Å². The molecule has 0 aromatic heterocycles. The summed E-state index contributed by atoms with van der Waals surface area (Å²) in [6.07, 6.45) is 0.413. The number of carboxylic acids is 1. The fourth-order valence-electron chi connectivity index (χ4n) is 2.52. The number of benzene rings is 1. The van der Waals surface area contributed by atoms with Crippen molar-refractivity contribution in [1.29, 1.82) is 0 Å². The zero-order chi connectivity index (χ0) is 16.5. The molecule has 2 N–H and O–H groups in total. The van der Waals surface area contributed by atoms with Crippen molar-refractivity contribution in [3.8, 4) is 0 Å². The molecule has 1 heterocycles. The zero-order valence-electron chi connectivity index (χ0n) is 12.4. The Labute approximate surface area is 136 Å². The lowest BCUT2D eigenvalue weighted by atomic mass is 9.90. The van der Waals surface area contributed by atoms with Crippen molar-refractivity contribution in [2.24, 2.45) is 5.41 Å². The summed E-state index contributed by atoms with van der Waals surface area (Å²) in [5, 5.41) is 11.9. The van der Waals surface area contributed by atoms with Crippen LogP contribution in [0.2, 0.25) is 0 Å². The van der Waals surface area contributed by atoms with Gasteiger partial charge < -0.3 is 15.3 Å². The normalized spacial score (nSPS) is 22.5. The van der Waals surface area contributed by atoms with E-state index in [4.69, 9.17) is 0 Å². The number of urea groups is 1. The van der Waals surface area contributed by atoms with Crippen molar-refractivity contribution in [2.75, 3.05) is 13.1 Å². The van der Waals surface area contributed by atoms with Gasteiger partial charge in [-0.25, -0.2) is 9.18 Å². The van der Waals surface area contributed by atoms with Crippen LogP contribution < -0.4 is 5.32 Å². The van der Waals surface area contributed by atoms with Crippen LogP contribution in [0.15, 0.2) is 22.7 Å². The maximum atomic E-state index is 13.9. The average molecular weight is 373 g/mol. The fraction of sp³-hybridized carbons (Fsp3) is 0.467. The van der Waals surface area contributed by atoms with E-state index in [-0.39, 0.29) is 12.6 Å². The lowest BCUT2D eigenvalue weighted by Gasteiger charge is -2.23. The number of carbonyl (C=O) groups excluding carboxylic acids is 1. The van der Waals surface area contributed by atoms with Gasteiger partial charge in [0.2, 0.25) is 0 Å². The zero-order valence-corrected chi connectivity index (χ0v) is 14.0. The minimum atomic E-state index is -0.913. The van der Waals surface area contributed by atoms with E-state index in [2.05, 4.69) is 21.2 Å². The van der Waals surface area contributed by atoms with Gasteiger partial charge in [-0.2, -0.15) is 0 Å². The monoisotopic (exact) mass is 372 g/mol. The predicted octanol–water partition coefficient (Wildman–Crippen LogP) is 3.16. The molecule has 5 nitrogen and oxygen atoms in total. The first-order valence-electron chi connectivity index (χ1n) is 6.97. The second-order valence-corrected chi connectivity index (χ2v) is 6.79. The smallest absolute Gasteiger partial charge is 0.317 e. The first kappa shape index (κ1) is 16.7. The molecule has 2 amide bonds. The van der Waals surface area contributed by atoms with Gasteiger partial charge in [0.1, 0.15) is 5.82 Å². The van der Waals surface area contributed by atoms with Gasteiger partial charge in [0.15, 0.2) is 0 Å². The number of halogens is 2. The van der Waals surface area contributed by atoms with E-state index in [9.17, 15) is 19.1 Å². The molecule has 0 spiro atoms. The van der Waals surface area contributed by atoms with Crippen LogP contribution >= 0.6 is 15.9 Å². The van der Waals surface area contributed by atoms with Crippen molar-refractivity contribution < 1.29 is 19.1 Å². The first-order chi connectivity index (χ1) is 10.2. The lowest BCUT2D eigenvalue weighted by molar-refractivity contribution is -0.146. The second kappa shape index (κ2) is 6.24. The van der Waals surface area contributed by atoms with Crippen LogP contribution in [-0.4, -0.2) is 35.1 Å². The molecule has 1 saturated heterocycles. The minimum absolute atomic E-state index is 0.156. The molecule has 0 saturated carbocycles. The molecule has 1 aliphatic heterocycles. The van der Waals surface area contributed by atoms with Crippen molar-refractivity contribution in [1.82, 2.24) is 10.2 Å². The molecule has 2 rings (SSSR count). The summed E-state index contributed by atoms with van der Waals surface area (Å²) in [5.41, 5.74) is -0.527. The van der Waals surface area contributed by atoms with E-state index in [1.54, 1.807) is 26.0 Å². The van der Waals surface area contributed by atoms with E-state index in [0.717, 1.165) is 0 Å². The van der Waals surface area contributed by atoms with Gasteiger partial charge in [-0.1, -0.05) is 22.0 Å². The molecule has 1 fully saturated rings. The highest BCUT2D eigenvalue weighted by Crippen LogP contribution is 2.30. The molecule has 1 aromatic rings. The molecule has 120 valence electrons. The number of carbonyl (C=O) groups is 2. The maximum Gasteiger partial charge on any atom is 0.317 e. The highest BCUT2D eigenvalue weighted by atomic mass is 79.9. The Bertz CT molecular complexity index is 610. The Morgan fingerprint density at radius 2 is 2.18 bits per heavy atom. The Balaban J connectivity index is 2.02. The summed E-state index contributed by atoms with van der Waals surface area (Å²) in [7, 11) is 0. The van der Waals surface area contributed by atoms with Gasteiger partial charge in [0, 0.05) is 23.1 Å².